The van der Waals surface area contributed by atoms with Gasteiger partial charge in [0.25, 0.3) is 0 Å². The van der Waals surface area contributed by atoms with E-state index in [1.165, 1.54) is 12.8 Å². The van der Waals surface area contributed by atoms with Crippen LogP contribution in [0.3, 0.4) is 0 Å². The minimum atomic E-state index is 0.820. The van der Waals surface area contributed by atoms with E-state index in [2.05, 4.69) is 26.3 Å². The molecule has 0 bridgehead atoms. The summed E-state index contributed by atoms with van der Waals surface area (Å²) >= 11 is 0. The Kier molecular flexibility index (Phi) is 3.94. The summed E-state index contributed by atoms with van der Waals surface area (Å²) in [6.45, 7) is 7.36. The lowest BCUT2D eigenvalue weighted by Gasteiger charge is -2.32. The van der Waals surface area contributed by atoms with Crippen molar-refractivity contribution >= 4 is 5.82 Å². The highest BCUT2D eigenvalue weighted by Crippen LogP contribution is 2.21. The smallest absolute Gasteiger partial charge is 0.132 e. The lowest BCUT2D eigenvalue weighted by molar-refractivity contribution is 0.392. The van der Waals surface area contributed by atoms with Gasteiger partial charge in [-0.1, -0.05) is 0 Å². The highest BCUT2D eigenvalue weighted by Gasteiger charge is 2.19. The third-order valence-corrected chi connectivity index (χ3v) is 3.38. The van der Waals surface area contributed by atoms with Gasteiger partial charge in [-0.15, -0.1) is 0 Å². The molecule has 2 heterocycles. The van der Waals surface area contributed by atoms with E-state index in [1.54, 1.807) is 0 Å². The summed E-state index contributed by atoms with van der Waals surface area (Å²) in [7, 11) is 2.03. The fraction of sp³-hybridized carbons (Fsp3) is 0.692. The monoisotopic (exact) mass is 234 g/mol. The second-order valence-electron chi connectivity index (χ2n) is 4.90. The molecule has 4 nitrogen and oxygen atoms in total. The summed E-state index contributed by atoms with van der Waals surface area (Å²) < 4.78 is 0. The molecule has 0 atom stereocenters. The maximum atomic E-state index is 4.53. The fourth-order valence-corrected chi connectivity index (χ4v) is 2.51. The molecule has 0 aliphatic carbocycles. The van der Waals surface area contributed by atoms with Crippen molar-refractivity contribution in [2.45, 2.75) is 26.7 Å². The van der Waals surface area contributed by atoms with Gasteiger partial charge in [0.1, 0.15) is 11.6 Å². The summed E-state index contributed by atoms with van der Waals surface area (Å²) in [4.78, 5) is 11.2. The molecule has 94 valence electrons. The minimum absolute atomic E-state index is 0.820. The van der Waals surface area contributed by atoms with E-state index in [-0.39, 0.29) is 0 Å². The van der Waals surface area contributed by atoms with Crippen LogP contribution in [-0.2, 0) is 0 Å². The van der Waals surface area contributed by atoms with Gasteiger partial charge in [0.05, 0.1) is 0 Å². The number of hydrogen-bond donors (Lipinski definition) is 1. The number of nitrogens with one attached hydrogen (secondary N) is 1. The standard InChI is InChI=1S/C13H22N4/c1-10-8-13(16-11(2)15-10)17-6-4-12(5-7-17)9-14-3/h8,12,14H,4-7,9H2,1-3H3. The molecule has 1 aromatic heterocycles. The minimum Gasteiger partial charge on any atom is -0.356 e. The normalized spacial score (nSPS) is 17.5. The van der Waals surface area contributed by atoms with Crippen molar-refractivity contribution in [1.82, 2.24) is 15.3 Å². The van der Waals surface area contributed by atoms with Crippen molar-refractivity contribution in [2.75, 3.05) is 31.6 Å². The SMILES string of the molecule is CNCC1CCN(c2cc(C)nc(C)n2)CC1. The number of nitrogens with zero attached hydrogens (tertiary/aromatic N) is 3. The molecule has 0 amide bonds. The first-order chi connectivity index (χ1) is 8.19. The first-order valence-corrected chi connectivity index (χ1v) is 6.41. The number of anilines is 1. The second kappa shape index (κ2) is 5.45. The van der Waals surface area contributed by atoms with Crippen LogP contribution in [0.1, 0.15) is 24.4 Å². The van der Waals surface area contributed by atoms with E-state index in [9.17, 15) is 0 Å². The van der Waals surface area contributed by atoms with Gasteiger partial charge in [-0.05, 0) is 46.2 Å². The van der Waals surface area contributed by atoms with Gasteiger partial charge in [-0.2, -0.15) is 0 Å². The molecule has 1 N–H and O–H groups in total. The van der Waals surface area contributed by atoms with Gasteiger partial charge in [0.15, 0.2) is 0 Å². The summed E-state index contributed by atoms with van der Waals surface area (Å²) in [6.07, 6.45) is 2.51. The molecule has 0 unspecified atom stereocenters. The maximum absolute atomic E-state index is 4.53. The Hall–Kier alpha value is -1.16. The molecule has 0 aromatic carbocycles. The number of aryl methyl sites for hydroxylation is 2. The van der Waals surface area contributed by atoms with Crippen LogP contribution in [-0.4, -0.2) is 36.6 Å². The van der Waals surface area contributed by atoms with Gasteiger partial charge in [-0.3, -0.25) is 0 Å². The highest BCUT2D eigenvalue weighted by atomic mass is 15.2. The largest absolute Gasteiger partial charge is 0.356 e. The number of rotatable bonds is 3. The summed E-state index contributed by atoms with van der Waals surface area (Å²) in [6, 6.07) is 2.09. The van der Waals surface area contributed by atoms with E-state index in [0.29, 0.717) is 0 Å². The zero-order valence-electron chi connectivity index (χ0n) is 11.0. The Labute approximate surface area is 103 Å². The lowest BCUT2D eigenvalue weighted by Crippen LogP contribution is -2.37. The molecule has 2 rings (SSSR count). The van der Waals surface area contributed by atoms with Gasteiger partial charge in [-0.25, -0.2) is 9.97 Å². The molecule has 0 radical (unpaired) electrons. The Morgan fingerprint density at radius 3 is 2.59 bits per heavy atom. The highest BCUT2D eigenvalue weighted by molar-refractivity contribution is 5.40. The Morgan fingerprint density at radius 1 is 1.29 bits per heavy atom. The zero-order chi connectivity index (χ0) is 12.3. The molecule has 1 fully saturated rings. The van der Waals surface area contributed by atoms with Gasteiger partial charge >= 0.3 is 0 Å². The third-order valence-electron chi connectivity index (χ3n) is 3.38. The number of hydrogen-bond acceptors (Lipinski definition) is 4. The molecule has 4 heteroatoms. The Bertz CT molecular complexity index is 349. The summed E-state index contributed by atoms with van der Waals surface area (Å²) in [5.41, 5.74) is 1.06. The predicted molar refractivity (Wildman–Crippen MR) is 70.4 cm³/mol. The van der Waals surface area contributed by atoms with Gasteiger partial charge in [0, 0.05) is 24.8 Å². The van der Waals surface area contributed by atoms with Gasteiger partial charge < -0.3 is 10.2 Å². The van der Waals surface area contributed by atoms with Crippen molar-refractivity contribution in [3.8, 4) is 0 Å². The van der Waals surface area contributed by atoms with E-state index < -0.39 is 0 Å². The van der Waals surface area contributed by atoms with Crippen molar-refractivity contribution in [1.29, 1.82) is 0 Å². The van der Waals surface area contributed by atoms with Crippen molar-refractivity contribution in [3.05, 3.63) is 17.6 Å². The number of aromatic nitrogens is 2. The molecule has 1 aliphatic heterocycles. The van der Waals surface area contributed by atoms with E-state index >= 15 is 0 Å². The Balaban J connectivity index is 2.00. The first-order valence-electron chi connectivity index (χ1n) is 6.41. The van der Waals surface area contributed by atoms with Crippen LogP contribution >= 0.6 is 0 Å². The van der Waals surface area contributed by atoms with Gasteiger partial charge in [0.2, 0.25) is 0 Å². The molecule has 1 saturated heterocycles. The molecule has 17 heavy (non-hydrogen) atoms. The van der Waals surface area contributed by atoms with Crippen LogP contribution in [0.4, 0.5) is 5.82 Å². The number of piperidine rings is 1. The van der Waals surface area contributed by atoms with Crippen LogP contribution in [0, 0.1) is 19.8 Å². The molecule has 0 spiro atoms. The quantitative estimate of drug-likeness (QED) is 0.861. The lowest BCUT2D eigenvalue weighted by atomic mass is 9.97. The first kappa shape index (κ1) is 12.3. The molecular formula is C13H22N4. The molecule has 1 aliphatic rings. The van der Waals surface area contributed by atoms with E-state index in [1.807, 2.05) is 20.9 Å². The molecular weight excluding hydrogens is 212 g/mol. The van der Waals surface area contributed by atoms with Crippen molar-refractivity contribution < 1.29 is 0 Å². The van der Waals surface area contributed by atoms with E-state index in [4.69, 9.17) is 0 Å². The average Bonchev–Trinajstić information content (AvgIpc) is 2.29. The van der Waals surface area contributed by atoms with E-state index in [0.717, 1.165) is 42.9 Å². The Morgan fingerprint density at radius 2 is 2.00 bits per heavy atom. The summed E-state index contributed by atoms with van der Waals surface area (Å²) in [5, 5.41) is 3.27. The topological polar surface area (TPSA) is 41.0 Å². The van der Waals surface area contributed by atoms with Crippen molar-refractivity contribution in [3.63, 3.8) is 0 Å². The molecule has 1 aromatic rings. The molecule has 0 saturated carbocycles. The average molecular weight is 234 g/mol. The van der Waals surface area contributed by atoms with Crippen LogP contribution < -0.4 is 10.2 Å². The second-order valence-corrected chi connectivity index (χ2v) is 4.90. The maximum Gasteiger partial charge on any atom is 0.132 e. The third kappa shape index (κ3) is 3.16. The van der Waals surface area contributed by atoms with Crippen LogP contribution in [0.15, 0.2) is 6.07 Å². The summed E-state index contributed by atoms with van der Waals surface area (Å²) in [5.74, 6) is 2.79. The fourth-order valence-electron chi connectivity index (χ4n) is 2.51. The van der Waals surface area contributed by atoms with Crippen LogP contribution in [0.2, 0.25) is 0 Å². The van der Waals surface area contributed by atoms with Crippen LogP contribution in [0.5, 0.6) is 0 Å². The van der Waals surface area contributed by atoms with Crippen molar-refractivity contribution in [2.24, 2.45) is 5.92 Å². The predicted octanol–water partition coefficient (Wildman–Crippen LogP) is 1.53. The zero-order valence-corrected chi connectivity index (χ0v) is 11.0. The van der Waals surface area contributed by atoms with Crippen LogP contribution in [0.25, 0.3) is 0 Å².